The molecule has 2 aliphatic heterocycles. The van der Waals surface area contributed by atoms with Gasteiger partial charge in [0.2, 0.25) is 0 Å². The van der Waals surface area contributed by atoms with Gasteiger partial charge in [-0.15, -0.1) is 0 Å². The van der Waals surface area contributed by atoms with Crippen molar-refractivity contribution in [3.8, 4) is 5.75 Å². The van der Waals surface area contributed by atoms with Gasteiger partial charge in [0.1, 0.15) is 5.75 Å². The maximum atomic E-state index is 12.9. The number of ether oxygens (including phenoxy) is 1. The minimum absolute atomic E-state index is 0.00895. The summed E-state index contributed by atoms with van der Waals surface area (Å²) in [7, 11) is 0. The van der Waals surface area contributed by atoms with E-state index in [0.717, 1.165) is 61.0 Å². The van der Waals surface area contributed by atoms with Gasteiger partial charge in [0.05, 0.1) is 24.0 Å². The second-order valence-electron chi connectivity index (χ2n) is 10.3. The van der Waals surface area contributed by atoms with Gasteiger partial charge in [0, 0.05) is 37.3 Å². The van der Waals surface area contributed by atoms with Crippen molar-refractivity contribution in [2.45, 2.75) is 52.4 Å². The third-order valence-electron chi connectivity index (χ3n) is 5.69. The number of benzene rings is 1. The van der Waals surface area contributed by atoms with Gasteiger partial charge in [-0.3, -0.25) is 14.7 Å². The molecular formula is C24H37N3O3S. The molecule has 6 nitrogen and oxygen atoms in total. The van der Waals surface area contributed by atoms with Crippen molar-refractivity contribution in [2.75, 3.05) is 45.3 Å². The first-order valence-electron chi connectivity index (χ1n) is 11.0. The Hall–Kier alpha value is -1.54. The first-order valence-corrected chi connectivity index (χ1v) is 12.0. The summed E-state index contributed by atoms with van der Waals surface area (Å²) in [5.74, 6) is 0.970. The highest BCUT2D eigenvalue weighted by molar-refractivity contribution is 8.04. The summed E-state index contributed by atoms with van der Waals surface area (Å²) >= 11 is 1.55. The number of nitrogens with one attached hydrogen (secondary N) is 1. The molecule has 0 spiro atoms. The average molecular weight is 448 g/mol. The number of nitrogens with zero attached hydrogens (tertiary/aromatic N) is 2. The second-order valence-corrected chi connectivity index (χ2v) is 11.3. The predicted octanol–water partition coefficient (Wildman–Crippen LogP) is 3.70. The molecule has 7 heteroatoms. The summed E-state index contributed by atoms with van der Waals surface area (Å²) in [5.41, 5.74) is 5.65. The molecule has 2 heterocycles. The summed E-state index contributed by atoms with van der Waals surface area (Å²) in [6, 6.07) is 4.03. The lowest BCUT2D eigenvalue weighted by Crippen LogP contribution is -2.45. The van der Waals surface area contributed by atoms with Crippen LogP contribution in [0, 0.1) is 0 Å². The molecule has 2 fully saturated rings. The molecule has 2 aliphatic rings. The van der Waals surface area contributed by atoms with Crippen LogP contribution < -0.4 is 5.43 Å². The Morgan fingerprint density at radius 3 is 2.23 bits per heavy atom. The lowest BCUT2D eigenvalue weighted by molar-refractivity contribution is -0.127. The topological polar surface area (TPSA) is 65.0 Å². The van der Waals surface area contributed by atoms with Gasteiger partial charge >= 0.3 is 0 Å². The van der Waals surface area contributed by atoms with Gasteiger partial charge in [-0.2, -0.15) is 0 Å². The standard InChI is InChI=1S/C24H37N3O3S/c1-23(2,3)18-13-17(14-19(21(18)28)24(4,5)6)15-20-22(29)27(16-31-20)25-7-8-26-9-11-30-12-10-26/h13-15,25,28H,7-12,16H2,1-6H3/b20-15-. The third kappa shape index (κ3) is 6.04. The number of amides is 1. The van der Waals surface area contributed by atoms with E-state index in [1.54, 1.807) is 16.8 Å². The summed E-state index contributed by atoms with van der Waals surface area (Å²) in [4.78, 5) is 16.0. The van der Waals surface area contributed by atoms with Crippen LogP contribution in [0.15, 0.2) is 17.0 Å². The van der Waals surface area contributed by atoms with E-state index in [2.05, 4.69) is 51.9 Å². The lowest BCUT2D eigenvalue weighted by Gasteiger charge is -2.28. The minimum atomic E-state index is -0.196. The number of carbonyl (C=O) groups excluding carboxylic acids is 1. The molecule has 0 radical (unpaired) electrons. The summed E-state index contributed by atoms with van der Waals surface area (Å²) in [6.07, 6.45) is 1.96. The van der Waals surface area contributed by atoms with Gasteiger partial charge in [0.25, 0.3) is 5.91 Å². The molecule has 3 rings (SSSR count). The maximum Gasteiger partial charge on any atom is 0.275 e. The molecule has 0 aromatic heterocycles. The molecule has 0 unspecified atom stereocenters. The van der Waals surface area contributed by atoms with Crippen LogP contribution in [-0.2, 0) is 20.4 Å². The van der Waals surface area contributed by atoms with Crippen molar-refractivity contribution >= 4 is 23.7 Å². The molecule has 0 atom stereocenters. The van der Waals surface area contributed by atoms with Crippen LogP contribution in [0.3, 0.4) is 0 Å². The second kappa shape index (κ2) is 9.53. The highest BCUT2D eigenvalue weighted by Gasteiger charge is 2.29. The van der Waals surface area contributed by atoms with Crippen molar-refractivity contribution in [2.24, 2.45) is 0 Å². The third-order valence-corrected chi connectivity index (χ3v) is 6.68. The Balaban J connectivity index is 1.74. The highest BCUT2D eigenvalue weighted by Crippen LogP contribution is 2.40. The van der Waals surface area contributed by atoms with Crippen molar-refractivity contribution in [1.82, 2.24) is 15.3 Å². The number of aromatic hydroxyl groups is 1. The number of rotatable bonds is 5. The maximum absolute atomic E-state index is 12.9. The SMILES string of the molecule is CC(C)(C)c1cc(/C=C2\SCN(NCCN3CCOCC3)C2=O)cc(C(C)(C)C)c1O. The zero-order valence-corrected chi connectivity index (χ0v) is 20.6. The van der Waals surface area contributed by atoms with E-state index in [-0.39, 0.29) is 16.7 Å². The fourth-order valence-corrected chi connectivity index (χ4v) is 4.74. The van der Waals surface area contributed by atoms with E-state index in [0.29, 0.717) is 11.6 Å². The average Bonchev–Trinajstić information content (AvgIpc) is 3.02. The van der Waals surface area contributed by atoms with Gasteiger partial charge in [-0.1, -0.05) is 53.3 Å². The van der Waals surface area contributed by atoms with Crippen molar-refractivity contribution in [3.05, 3.63) is 33.7 Å². The number of thioether (sulfide) groups is 1. The molecule has 0 aliphatic carbocycles. The molecule has 172 valence electrons. The molecule has 2 N–H and O–H groups in total. The first kappa shape index (κ1) is 24.1. The number of hydrogen-bond acceptors (Lipinski definition) is 6. The van der Waals surface area contributed by atoms with Crippen LogP contribution in [0.25, 0.3) is 6.08 Å². The summed E-state index contributed by atoms with van der Waals surface area (Å²) in [6.45, 7) is 17.7. The van der Waals surface area contributed by atoms with Gasteiger partial charge in [0.15, 0.2) is 0 Å². The van der Waals surface area contributed by atoms with Crippen LogP contribution in [0.2, 0.25) is 0 Å². The molecule has 2 saturated heterocycles. The molecule has 0 saturated carbocycles. The number of morpholine rings is 1. The van der Waals surface area contributed by atoms with Gasteiger partial charge < -0.3 is 9.84 Å². The van der Waals surface area contributed by atoms with Crippen LogP contribution >= 0.6 is 11.8 Å². The van der Waals surface area contributed by atoms with Crippen LogP contribution in [0.4, 0.5) is 0 Å². The van der Waals surface area contributed by atoms with Crippen molar-refractivity contribution < 1.29 is 14.6 Å². The summed E-state index contributed by atoms with van der Waals surface area (Å²) in [5, 5.41) is 12.6. The van der Waals surface area contributed by atoms with E-state index in [1.165, 1.54) is 0 Å². The van der Waals surface area contributed by atoms with Gasteiger partial charge in [-0.05, 0) is 34.6 Å². The zero-order chi connectivity index (χ0) is 22.8. The van der Waals surface area contributed by atoms with E-state index >= 15 is 0 Å². The Morgan fingerprint density at radius 2 is 1.68 bits per heavy atom. The van der Waals surface area contributed by atoms with Crippen LogP contribution in [-0.4, -0.2) is 66.2 Å². The largest absolute Gasteiger partial charge is 0.507 e. The van der Waals surface area contributed by atoms with E-state index in [1.807, 2.05) is 18.2 Å². The van der Waals surface area contributed by atoms with E-state index in [4.69, 9.17) is 4.74 Å². The van der Waals surface area contributed by atoms with E-state index in [9.17, 15) is 9.90 Å². The van der Waals surface area contributed by atoms with Crippen LogP contribution in [0.1, 0.15) is 58.2 Å². The smallest absolute Gasteiger partial charge is 0.275 e. The Kier molecular flexibility index (Phi) is 7.41. The molecule has 1 aromatic carbocycles. The first-order chi connectivity index (χ1) is 14.5. The number of hydrogen-bond donors (Lipinski definition) is 2. The monoisotopic (exact) mass is 447 g/mol. The number of phenolic OH excluding ortho intramolecular Hbond substituents is 1. The number of carbonyl (C=O) groups is 1. The number of hydrazine groups is 1. The van der Waals surface area contributed by atoms with E-state index < -0.39 is 0 Å². The van der Waals surface area contributed by atoms with Crippen molar-refractivity contribution in [1.29, 1.82) is 0 Å². The van der Waals surface area contributed by atoms with Gasteiger partial charge in [-0.25, -0.2) is 5.43 Å². The molecule has 31 heavy (non-hydrogen) atoms. The zero-order valence-electron chi connectivity index (χ0n) is 19.7. The fraction of sp³-hybridized carbons (Fsp3) is 0.625. The molecule has 1 amide bonds. The molecular weight excluding hydrogens is 410 g/mol. The van der Waals surface area contributed by atoms with Crippen LogP contribution in [0.5, 0.6) is 5.75 Å². The van der Waals surface area contributed by atoms with Crippen molar-refractivity contribution in [3.63, 3.8) is 0 Å². The minimum Gasteiger partial charge on any atom is -0.507 e. The molecule has 1 aromatic rings. The normalized spacial score (nSPS) is 20.1. The predicted molar refractivity (Wildman–Crippen MR) is 128 cm³/mol. The quantitative estimate of drug-likeness (QED) is 0.671. The number of phenols is 1. The fourth-order valence-electron chi connectivity index (χ4n) is 3.81. The Labute approximate surface area is 191 Å². The molecule has 0 bridgehead atoms. The Morgan fingerprint density at radius 1 is 1.10 bits per heavy atom. The summed E-state index contributed by atoms with van der Waals surface area (Å²) < 4.78 is 5.38. The Bertz CT molecular complexity index is 798. The highest BCUT2D eigenvalue weighted by atomic mass is 32.2. The lowest BCUT2D eigenvalue weighted by atomic mass is 9.78.